The quantitative estimate of drug-likeness (QED) is 0.740. The molecule has 0 saturated carbocycles. The van der Waals surface area contributed by atoms with E-state index in [1.807, 2.05) is 17.7 Å². The number of hydrogen-bond donors (Lipinski definition) is 0. The highest BCUT2D eigenvalue weighted by Gasteiger charge is 2.02. The first kappa shape index (κ1) is 9.71. The fraction of sp³-hybridized carbons (Fsp3) is 0.182. The standard InChI is InChI=1S/C11H11IN2/c1-8-6-9(2)14(13-8)11-5-3-4-10(12)7-11/h3-7H,1-2H3. The van der Waals surface area contributed by atoms with Crippen molar-refractivity contribution in [2.75, 3.05) is 0 Å². The third-order valence-corrected chi connectivity index (χ3v) is 2.73. The van der Waals surface area contributed by atoms with Crippen LogP contribution in [0.5, 0.6) is 0 Å². The van der Waals surface area contributed by atoms with Gasteiger partial charge in [-0.15, -0.1) is 0 Å². The summed E-state index contributed by atoms with van der Waals surface area (Å²) in [6, 6.07) is 10.4. The number of hydrogen-bond acceptors (Lipinski definition) is 1. The zero-order chi connectivity index (χ0) is 10.1. The van der Waals surface area contributed by atoms with Gasteiger partial charge in [-0.05, 0) is 60.7 Å². The monoisotopic (exact) mass is 298 g/mol. The number of halogens is 1. The molecule has 1 aromatic heterocycles. The average Bonchev–Trinajstić information content (AvgIpc) is 2.45. The van der Waals surface area contributed by atoms with E-state index in [-0.39, 0.29) is 0 Å². The molecule has 0 atom stereocenters. The molecule has 0 saturated heterocycles. The SMILES string of the molecule is Cc1cc(C)n(-c2cccc(I)c2)n1. The van der Waals surface area contributed by atoms with Crippen molar-refractivity contribution in [1.29, 1.82) is 0 Å². The van der Waals surface area contributed by atoms with Crippen molar-refractivity contribution in [2.45, 2.75) is 13.8 Å². The Kier molecular flexibility index (Phi) is 2.58. The highest BCUT2D eigenvalue weighted by molar-refractivity contribution is 14.1. The minimum atomic E-state index is 1.06. The van der Waals surface area contributed by atoms with Crippen LogP contribution in [-0.2, 0) is 0 Å². The molecule has 0 fully saturated rings. The lowest BCUT2D eigenvalue weighted by molar-refractivity contribution is 0.833. The number of aryl methyl sites for hydroxylation is 2. The first-order valence-electron chi connectivity index (χ1n) is 4.46. The fourth-order valence-electron chi connectivity index (χ4n) is 1.50. The molecule has 0 N–H and O–H groups in total. The van der Waals surface area contributed by atoms with E-state index in [0.717, 1.165) is 11.4 Å². The summed E-state index contributed by atoms with van der Waals surface area (Å²) in [4.78, 5) is 0. The molecule has 1 heterocycles. The summed E-state index contributed by atoms with van der Waals surface area (Å²) >= 11 is 2.31. The molecular weight excluding hydrogens is 287 g/mol. The summed E-state index contributed by atoms with van der Waals surface area (Å²) in [5.41, 5.74) is 3.35. The van der Waals surface area contributed by atoms with Crippen LogP contribution in [0.15, 0.2) is 30.3 Å². The van der Waals surface area contributed by atoms with Gasteiger partial charge in [-0.1, -0.05) is 6.07 Å². The Balaban J connectivity index is 2.54. The van der Waals surface area contributed by atoms with Crippen LogP contribution in [0, 0.1) is 17.4 Å². The van der Waals surface area contributed by atoms with Crippen molar-refractivity contribution >= 4 is 22.6 Å². The van der Waals surface area contributed by atoms with E-state index in [2.05, 4.69) is 58.9 Å². The van der Waals surface area contributed by atoms with Gasteiger partial charge in [0.25, 0.3) is 0 Å². The Hall–Kier alpha value is -0.840. The van der Waals surface area contributed by atoms with E-state index in [1.54, 1.807) is 0 Å². The second kappa shape index (κ2) is 3.73. The first-order valence-corrected chi connectivity index (χ1v) is 5.54. The van der Waals surface area contributed by atoms with E-state index in [9.17, 15) is 0 Å². The van der Waals surface area contributed by atoms with Crippen LogP contribution in [0.1, 0.15) is 11.4 Å². The van der Waals surface area contributed by atoms with Crippen molar-refractivity contribution < 1.29 is 0 Å². The molecule has 3 heteroatoms. The van der Waals surface area contributed by atoms with Gasteiger partial charge in [0.1, 0.15) is 0 Å². The Morgan fingerprint density at radius 2 is 2.00 bits per heavy atom. The molecule has 2 aromatic rings. The molecule has 0 unspecified atom stereocenters. The molecule has 0 bridgehead atoms. The smallest absolute Gasteiger partial charge is 0.0659 e. The Morgan fingerprint density at radius 1 is 1.21 bits per heavy atom. The minimum absolute atomic E-state index is 1.06. The maximum absolute atomic E-state index is 4.43. The van der Waals surface area contributed by atoms with Crippen molar-refractivity contribution in [1.82, 2.24) is 9.78 Å². The molecule has 0 aliphatic carbocycles. The maximum Gasteiger partial charge on any atom is 0.0659 e. The van der Waals surface area contributed by atoms with E-state index >= 15 is 0 Å². The largest absolute Gasteiger partial charge is 0.238 e. The molecule has 14 heavy (non-hydrogen) atoms. The maximum atomic E-state index is 4.43. The van der Waals surface area contributed by atoms with Crippen LogP contribution >= 0.6 is 22.6 Å². The Bertz CT molecular complexity index is 460. The van der Waals surface area contributed by atoms with Crippen LogP contribution in [-0.4, -0.2) is 9.78 Å². The number of nitrogens with zero attached hydrogens (tertiary/aromatic N) is 2. The summed E-state index contributed by atoms with van der Waals surface area (Å²) in [5, 5.41) is 4.43. The molecule has 0 amide bonds. The van der Waals surface area contributed by atoms with E-state index in [4.69, 9.17) is 0 Å². The van der Waals surface area contributed by atoms with Crippen LogP contribution in [0.2, 0.25) is 0 Å². The molecule has 1 aromatic carbocycles. The molecule has 2 rings (SSSR count). The highest BCUT2D eigenvalue weighted by atomic mass is 127. The number of benzene rings is 1. The molecule has 0 spiro atoms. The summed E-state index contributed by atoms with van der Waals surface area (Å²) in [6.07, 6.45) is 0. The van der Waals surface area contributed by atoms with Crippen LogP contribution in [0.3, 0.4) is 0 Å². The lowest BCUT2D eigenvalue weighted by Gasteiger charge is -2.03. The summed E-state index contributed by atoms with van der Waals surface area (Å²) in [5.74, 6) is 0. The van der Waals surface area contributed by atoms with E-state index < -0.39 is 0 Å². The van der Waals surface area contributed by atoms with Crippen LogP contribution in [0.25, 0.3) is 5.69 Å². The summed E-state index contributed by atoms with van der Waals surface area (Å²) < 4.78 is 3.20. The Morgan fingerprint density at radius 3 is 2.57 bits per heavy atom. The minimum Gasteiger partial charge on any atom is -0.238 e. The lowest BCUT2D eigenvalue weighted by atomic mass is 10.3. The van der Waals surface area contributed by atoms with Crippen molar-refractivity contribution in [3.05, 3.63) is 45.3 Å². The van der Waals surface area contributed by atoms with Crippen molar-refractivity contribution in [3.63, 3.8) is 0 Å². The van der Waals surface area contributed by atoms with Crippen LogP contribution in [0.4, 0.5) is 0 Å². The van der Waals surface area contributed by atoms with Gasteiger partial charge < -0.3 is 0 Å². The molecule has 0 radical (unpaired) electrons. The van der Waals surface area contributed by atoms with Gasteiger partial charge in [-0.3, -0.25) is 0 Å². The lowest BCUT2D eigenvalue weighted by Crippen LogP contribution is -1.98. The normalized spacial score (nSPS) is 10.5. The van der Waals surface area contributed by atoms with Gasteiger partial charge in [-0.25, -0.2) is 4.68 Å². The third kappa shape index (κ3) is 1.82. The van der Waals surface area contributed by atoms with Gasteiger partial charge in [0, 0.05) is 9.26 Å². The Labute approximate surface area is 97.1 Å². The summed E-state index contributed by atoms with van der Waals surface area (Å²) in [7, 11) is 0. The predicted molar refractivity (Wildman–Crippen MR) is 65.8 cm³/mol. The molecular formula is C11H11IN2. The van der Waals surface area contributed by atoms with E-state index in [0.29, 0.717) is 0 Å². The van der Waals surface area contributed by atoms with Gasteiger partial charge >= 0.3 is 0 Å². The van der Waals surface area contributed by atoms with Gasteiger partial charge in [0.2, 0.25) is 0 Å². The molecule has 2 nitrogen and oxygen atoms in total. The van der Waals surface area contributed by atoms with Gasteiger partial charge in [0.15, 0.2) is 0 Å². The van der Waals surface area contributed by atoms with Crippen molar-refractivity contribution in [2.24, 2.45) is 0 Å². The third-order valence-electron chi connectivity index (χ3n) is 2.06. The number of aromatic nitrogens is 2. The summed E-state index contributed by atoms with van der Waals surface area (Å²) in [6.45, 7) is 4.08. The fourth-order valence-corrected chi connectivity index (χ4v) is 2.02. The predicted octanol–water partition coefficient (Wildman–Crippen LogP) is 3.09. The van der Waals surface area contributed by atoms with Gasteiger partial charge in [-0.2, -0.15) is 5.10 Å². The molecule has 72 valence electrons. The van der Waals surface area contributed by atoms with Crippen molar-refractivity contribution in [3.8, 4) is 5.69 Å². The van der Waals surface area contributed by atoms with Gasteiger partial charge in [0.05, 0.1) is 11.4 Å². The zero-order valence-electron chi connectivity index (χ0n) is 8.16. The first-order chi connectivity index (χ1) is 6.66. The second-order valence-corrected chi connectivity index (χ2v) is 4.56. The molecule has 0 aliphatic rings. The topological polar surface area (TPSA) is 17.8 Å². The van der Waals surface area contributed by atoms with E-state index in [1.165, 1.54) is 9.26 Å². The molecule has 0 aliphatic heterocycles. The second-order valence-electron chi connectivity index (χ2n) is 3.32. The highest BCUT2D eigenvalue weighted by Crippen LogP contribution is 2.14. The number of rotatable bonds is 1. The van der Waals surface area contributed by atoms with Crippen LogP contribution < -0.4 is 0 Å². The average molecular weight is 298 g/mol. The zero-order valence-corrected chi connectivity index (χ0v) is 10.3.